The molecule has 0 fully saturated rings. The number of hydrogen-bond donors (Lipinski definition) is 0. The lowest BCUT2D eigenvalue weighted by Gasteiger charge is -2.26. The highest BCUT2D eigenvalue weighted by atomic mass is 35.5. The second-order valence-corrected chi connectivity index (χ2v) is 8.23. The van der Waals surface area contributed by atoms with Gasteiger partial charge in [-0.3, -0.25) is 4.79 Å². The third kappa shape index (κ3) is 8.71. The lowest BCUT2D eigenvalue weighted by molar-refractivity contribution is -0.121. The van der Waals surface area contributed by atoms with Crippen LogP contribution in [-0.2, 0) is 9.67 Å². The monoisotopic (exact) mass is 378 g/mol. The molecule has 0 amide bonds. The minimum atomic E-state index is -0.825. The minimum Gasteiger partial charge on any atom is -0.297 e. The molecular formula is C24H39ClO. The van der Waals surface area contributed by atoms with Crippen molar-refractivity contribution in [3.8, 4) is 0 Å². The average molecular weight is 379 g/mol. The highest BCUT2D eigenvalue weighted by molar-refractivity contribution is 6.35. The molecule has 1 aromatic rings. The van der Waals surface area contributed by atoms with Crippen LogP contribution in [-0.4, -0.2) is 5.78 Å². The molecule has 0 aliphatic rings. The number of Topliss-reactive ketones (excluding diaryl/α,β-unsaturated/α-hetero) is 1. The van der Waals surface area contributed by atoms with Crippen molar-refractivity contribution in [2.24, 2.45) is 0 Å². The normalized spacial score (nSPS) is 13.5. The zero-order valence-corrected chi connectivity index (χ0v) is 17.8. The molecule has 2 heteroatoms. The van der Waals surface area contributed by atoms with Crippen LogP contribution in [0.4, 0.5) is 0 Å². The van der Waals surface area contributed by atoms with E-state index >= 15 is 0 Å². The Morgan fingerprint density at radius 3 is 1.69 bits per heavy atom. The van der Waals surface area contributed by atoms with Crippen molar-refractivity contribution < 1.29 is 4.79 Å². The van der Waals surface area contributed by atoms with Gasteiger partial charge in [-0.1, -0.05) is 121 Å². The van der Waals surface area contributed by atoms with Gasteiger partial charge in [-0.05, 0) is 12.0 Å². The van der Waals surface area contributed by atoms with Gasteiger partial charge in [0, 0.05) is 6.42 Å². The summed E-state index contributed by atoms with van der Waals surface area (Å²) in [5.74, 6) is 0.147. The van der Waals surface area contributed by atoms with E-state index in [1.807, 2.05) is 37.3 Å². The summed E-state index contributed by atoms with van der Waals surface area (Å²) >= 11 is 6.80. The van der Waals surface area contributed by atoms with Gasteiger partial charge in [-0.2, -0.15) is 0 Å². The number of alkyl halides is 1. The molecule has 0 aliphatic carbocycles. The molecule has 0 N–H and O–H groups in total. The van der Waals surface area contributed by atoms with Gasteiger partial charge in [0.05, 0.1) is 0 Å². The maximum atomic E-state index is 12.4. The largest absolute Gasteiger partial charge is 0.297 e. The highest BCUT2D eigenvalue weighted by Gasteiger charge is 2.35. The zero-order valence-electron chi connectivity index (χ0n) is 17.1. The molecule has 1 rings (SSSR count). The molecule has 0 spiro atoms. The summed E-state index contributed by atoms with van der Waals surface area (Å²) in [7, 11) is 0. The summed E-state index contributed by atoms with van der Waals surface area (Å²) in [6.07, 6.45) is 17.1. The second kappa shape index (κ2) is 14.3. The van der Waals surface area contributed by atoms with Crippen LogP contribution in [0.5, 0.6) is 0 Å². The van der Waals surface area contributed by atoms with Crippen molar-refractivity contribution in [1.82, 2.24) is 0 Å². The molecule has 1 nitrogen and oxygen atoms in total. The number of carbonyl (C=O) groups is 1. The number of ketones is 1. The molecule has 1 atom stereocenters. The van der Waals surface area contributed by atoms with Crippen molar-refractivity contribution in [1.29, 1.82) is 0 Å². The van der Waals surface area contributed by atoms with Crippen LogP contribution in [0.1, 0.15) is 109 Å². The number of halogens is 1. The SMILES string of the molecule is CCCCCCCCCCCCCCC(Cl)(C(=O)CC)c1ccccc1. The van der Waals surface area contributed by atoms with Gasteiger partial charge in [0.25, 0.3) is 0 Å². The summed E-state index contributed by atoms with van der Waals surface area (Å²) in [5.41, 5.74) is 0.955. The van der Waals surface area contributed by atoms with Crippen LogP contribution in [0.2, 0.25) is 0 Å². The standard InChI is InChI=1S/C24H39ClO/c1-3-5-6-7-8-9-10-11-12-13-14-18-21-24(25,23(26)4-2)22-19-16-15-17-20-22/h15-17,19-20H,3-14,18,21H2,1-2H3. The van der Waals surface area contributed by atoms with Gasteiger partial charge in [0.1, 0.15) is 4.87 Å². The van der Waals surface area contributed by atoms with Crippen molar-refractivity contribution in [3.05, 3.63) is 35.9 Å². The minimum absolute atomic E-state index is 0.147. The van der Waals surface area contributed by atoms with E-state index in [0.717, 1.165) is 18.4 Å². The van der Waals surface area contributed by atoms with E-state index in [4.69, 9.17) is 11.6 Å². The van der Waals surface area contributed by atoms with E-state index in [0.29, 0.717) is 6.42 Å². The Bertz CT molecular complexity index is 470. The molecule has 0 radical (unpaired) electrons. The van der Waals surface area contributed by atoms with E-state index in [1.54, 1.807) is 0 Å². The Labute approximate surface area is 166 Å². The Kier molecular flexibility index (Phi) is 12.7. The summed E-state index contributed by atoms with van der Waals surface area (Å²) in [6, 6.07) is 9.89. The topological polar surface area (TPSA) is 17.1 Å². The molecule has 0 bridgehead atoms. The molecule has 1 unspecified atom stereocenters. The second-order valence-electron chi connectivity index (χ2n) is 7.58. The number of rotatable bonds is 16. The number of carbonyl (C=O) groups excluding carboxylic acids is 1. The smallest absolute Gasteiger partial charge is 0.157 e. The van der Waals surface area contributed by atoms with Crippen molar-refractivity contribution in [2.75, 3.05) is 0 Å². The van der Waals surface area contributed by atoms with E-state index in [2.05, 4.69) is 6.92 Å². The Morgan fingerprint density at radius 2 is 1.23 bits per heavy atom. The van der Waals surface area contributed by atoms with Crippen LogP contribution < -0.4 is 0 Å². The maximum absolute atomic E-state index is 12.4. The van der Waals surface area contributed by atoms with E-state index in [1.165, 1.54) is 70.6 Å². The molecular weight excluding hydrogens is 340 g/mol. The molecule has 1 aromatic carbocycles. The van der Waals surface area contributed by atoms with Crippen LogP contribution in [0.3, 0.4) is 0 Å². The van der Waals surface area contributed by atoms with Crippen molar-refractivity contribution in [3.63, 3.8) is 0 Å². The quantitative estimate of drug-likeness (QED) is 0.209. The first-order chi connectivity index (χ1) is 12.6. The predicted octanol–water partition coefficient (Wildman–Crippen LogP) is 8.19. The summed E-state index contributed by atoms with van der Waals surface area (Å²) in [4.78, 5) is 11.6. The molecule has 0 heterocycles. The molecule has 26 heavy (non-hydrogen) atoms. The van der Waals surface area contributed by atoms with Crippen LogP contribution in [0, 0.1) is 0 Å². The van der Waals surface area contributed by atoms with Crippen LogP contribution >= 0.6 is 11.6 Å². The van der Waals surface area contributed by atoms with Gasteiger partial charge < -0.3 is 0 Å². The first-order valence-electron chi connectivity index (χ1n) is 10.9. The lowest BCUT2D eigenvalue weighted by atomic mass is 9.87. The maximum Gasteiger partial charge on any atom is 0.157 e. The zero-order chi connectivity index (χ0) is 19.1. The molecule has 0 aromatic heterocycles. The van der Waals surface area contributed by atoms with Gasteiger partial charge in [-0.15, -0.1) is 11.6 Å². The molecule has 0 aliphatic heterocycles. The summed E-state index contributed by atoms with van der Waals surface area (Å²) in [5, 5.41) is 0. The Balaban J connectivity index is 2.17. The van der Waals surface area contributed by atoms with E-state index in [-0.39, 0.29) is 5.78 Å². The fraction of sp³-hybridized carbons (Fsp3) is 0.708. The fourth-order valence-corrected chi connectivity index (χ4v) is 4.03. The van der Waals surface area contributed by atoms with Gasteiger partial charge in [-0.25, -0.2) is 0 Å². The molecule has 0 saturated carbocycles. The predicted molar refractivity (Wildman–Crippen MR) is 115 cm³/mol. The van der Waals surface area contributed by atoms with Crippen molar-refractivity contribution in [2.45, 2.75) is 109 Å². The first-order valence-corrected chi connectivity index (χ1v) is 11.3. The molecule has 148 valence electrons. The third-order valence-electron chi connectivity index (χ3n) is 5.37. The van der Waals surface area contributed by atoms with Gasteiger partial charge in [0.2, 0.25) is 0 Å². The van der Waals surface area contributed by atoms with E-state index < -0.39 is 4.87 Å². The van der Waals surface area contributed by atoms with Crippen LogP contribution in [0.15, 0.2) is 30.3 Å². The van der Waals surface area contributed by atoms with Gasteiger partial charge in [0.15, 0.2) is 5.78 Å². The molecule has 0 saturated heterocycles. The number of benzene rings is 1. The number of hydrogen-bond acceptors (Lipinski definition) is 1. The first kappa shape index (κ1) is 23.2. The third-order valence-corrected chi connectivity index (χ3v) is 5.99. The van der Waals surface area contributed by atoms with E-state index in [9.17, 15) is 4.79 Å². The summed E-state index contributed by atoms with van der Waals surface area (Å²) < 4.78 is 0. The summed E-state index contributed by atoms with van der Waals surface area (Å²) in [6.45, 7) is 4.18. The highest BCUT2D eigenvalue weighted by Crippen LogP contribution is 2.36. The fourth-order valence-electron chi connectivity index (χ4n) is 3.64. The average Bonchev–Trinajstić information content (AvgIpc) is 2.68. The van der Waals surface area contributed by atoms with Crippen LogP contribution in [0.25, 0.3) is 0 Å². The van der Waals surface area contributed by atoms with Crippen molar-refractivity contribution >= 4 is 17.4 Å². The lowest BCUT2D eigenvalue weighted by Crippen LogP contribution is -2.29. The Morgan fingerprint density at radius 1 is 0.769 bits per heavy atom. The Hall–Kier alpha value is -0.820. The number of unbranched alkanes of at least 4 members (excludes halogenated alkanes) is 11. The van der Waals surface area contributed by atoms with Gasteiger partial charge >= 0.3 is 0 Å².